The largest absolute Gasteiger partial charge is 0.465 e. The molecule has 0 saturated heterocycles. The first-order valence-electron chi connectivity index (χ1n) is 2.84. The molecule has 1 radical (unpaired) electrons. The molecule has 0 rings (SSSR count). The van der Waals surface area contributed by atoms with Gasteiger partial charge in [0.1, 0.15) is 0 Å². The van der Waals surface area contributed by atoms with Gasteiger partial charge in [0.25, 0.3) is 0 Å². The SMILES string of the molecule is [NH]CCCC(=O)NC(=O)O. The number of hydrogen-bond acceptors (Lipinski definition) is 2. The molecule has 0 aliphatic carbocycles. The van der Waals surface area contributed by atoms with Crippen molar-refractivity contribution in [1.82, 2.24) is 11.1 Å². The summed E-state index contributed by atoms with van der Waals surface area (Å²) in [6, 6.07) is 0. The number of carbonyl (C=O) groups excluding carboxylic acids is 1. The standard InChI is InChI=1S/C5H9N2O3/c6-3-1-2-4(8)7-5(9)10/h6H,1-3H2,(H,7,8)(H,9,10). The Morgan fingerprint density at radius 2 is 2.10 bits per heavy atom. The molecule has 0 heterocycles. The molecular weight excluding hydrogens is 136 g/mol. The van der Waals surface area contributed by atoms with Gasteiger partial charge in [0.15, 0.2) is 0 Å². The van der Waals surface area contributed by atoms with Crippen LogP contribution in [0, 0.1) is 0 Å². The van der Waals surface area contributed by atoms with Gasteiger partial charge in [0.05, 0.1) is 0 Å². The lowest BCUT2D eigenvalue weighted by molar-refractivity contribution is -0.120. The number of hydrogen-bond donors (Lipinski definition) is 2. The normalized spacial score (nSPS) is 8.90. The number of nitrogens with one attached hydrogen (secondary N) is 2. The van der Waals surface area contributed by atoms with Crippen molar-refractivity contribution in [3.05, 3.63) is 0 Å². The molecule has 0 atom stereocenters. The van der Waals surface area contributed by atoms with E-state index < -0.39 is 12.0 Å². The zero-order valence-corrected chi connectivity index (χ0v) is 5.39. The van der Waals surface area contributed by atoms with E-state index in [2.05, 4.69) is 0 Å². The fourth-order valence-corrected chi connectivity index (χ4v) is 0.431. The molecule has 3 N–H and O–H groups in total. The van der Waals surface area contributed by atoms with Crippen molar-refractivity contribution >= 4 is 12.0 Å². The van der Waals surface area contributed by atoms with Crippen molar-refractivity contribution in [2.45, 2.75) is 12.8 Å². The number of imide groups is 1. The minimum Gasteiger partial charge on any atom is -0.465 e. The number of amides is 2. The molecule has 0 aliphatic rings. The van der Waals surface area contributed by atoms with Crippen molar-refractivity contribution in [3.8, 4) is 0 Å². The highest BCUT2D eigenvalue weighted by atomic mass is 16.4. The van der Waals surface area contributed by atoms with Crippen LogP contribution >= 0.6 is 0 Å². The van der Waals surface area contributed by atoms with Crippen LogP contribution in [0.2, 0.25) is 0 Å². The van der Waals surface area contributed by atoms with Crippen LogP contribution < -0.4 is 11.1 Å². The molecule has 0 aromatic rings. The smallest absolute Gasteiger partial charge is 0.411 e. The molecule has 0 unspecified atom stereocenters. The van der Waals surface area contributed by atoms with Crippen LogP contribution in [0.5, 0.6) is 0 Å². The minimum absolute atomic E-state index is 0.107. The third-order valence-electron chi connectivity index (χ3n) is 0.827. The summed E-state index contributed by atoms with van der Waals surface area (Å²) >= 11 is 0. The summed E-state index contributed by atoms with van der Waals surface area (Å²) in [5, 5.41) is 9.68. The quantitative estimate of drug-likeness (QED) is 0.578. The van der Waals surface area contributed by atoms with E-state index in [1.165, 1.54) is 0 Å². The van der Waals surface area contributed by atoms with Crippen molar-refractivity contribution in [2.75, 3.05) is 6.54 Å². The molecule has 0 bridgehead atoms. The van der Waals surface area contributed by atoms with E-state index in [0.717, 1.165) is 0 Å². The fourth-order valence-electron chi connectivity index (χ4n) is 0.431. The van der Waals surface area contributed by atoms with E-state index >= 15 is 0 Å². The second kappa shape index (κ2) is 4.75. The lowest BCUT2D eigenvalue weighted by atomic mass is 10.3. The molecule has 5 heteroatoms. The Morgan fingerprint density at radius 3 is 2.50 bits per heavy atom. The van der Waals surface area contributed by atoms with E-state index in [-0.39, 0.29) is 13.0 Å². The maximum Gasteiger partial charge on any atom is 0.411 e. The average Bonchev–Trinajstić information content (AvgIpc) is 1.82. The Morgan fingerprint density at radius 1 is 1.50 bits per heavy atom. The molecule has 0 saturated carbocycles. The Kier molecular flexibility index (Phi) is 4.23. The molecule has 57 valence electrons. The summed E-state index contributed by atoms with van der Waals surface area (Å²) in [5.74, 6) is -0.542. The van der Waals surface area contributed by atoms with Gasteiger partial charge in [-0.1, -0.05) is 0 Å². The summed E-state index contributed by atoms with van der Waals surface area (Å²) < 4.78 is 0. The highest BCUT2D eigenvalue weighted by Crippen LogP contribution is 1.84. The summed E-state index contributed by atoms with van der Waals surface area (Å²) in [6.07, 6.45) is -0.829. The summed E-state index contributed by atoms with van der Waals surface area (Å²) in [7, 11) is 0. The predicted molar refractivity (Wildman–Crippen MR) is 33.4 cm³/mol. The molecule has 0 fully saturated rings. The average molecular weight is 145 g/mol. The maximum absolute atomic E-state index is 10.4. The van der Waals surface area contributed by atoms with Crippen LogP contribution in [0.15, 0.2) is 0 Å². The van der Waals surface area contributed by atoms with Gasteiger partial charge in [-0.05, 0) is 6.42 Å². The Hall–Kier alpha value is -1.10. The summed E-state index contributed by atoms with van der Waals surface area (Å²) in [4.78, 5) is 20.2. The van der Waals surface area contributed by atoms with Gasteiger partial charge in [0.2, 0.25) is 5.91 Å². The van der Waals surface area contributed by atoms with Crippen molar-refractivity contribution in [1.29, 1.82) is 0 Å². The molecule has 0 aromatic carbocycles. The van der Waals surface area contributed by atoms with Crippen LogP contribution in [-0.2, 0) is 4.79 Å². The van der Waals surface area contributed by atoms with Crippen LogP contribution in [0.25, 0.3) is 0 Å². The fraction of sp³-hybridized carbons (Fsp3) is 0.600. The minimum atomic E-state index is -1.34. The Balaban J connectivity index is 3.35. The van der Waals surface area contributed by atoms with Crippen LogP contribution in [-0.4, -0.2) is 23.7 Å². The monoisotopic (exact) mass is 145 g/mol. The second-order valence-corrected chi connectivity index (χ2v) is 1.71. The Bertz CT molecular complexity index is 135. The first kappa shape index (κ1) is 8.90. The molecule has 10 heavy (non-hydrogen) atoms. The highest BCUT2D eigenvalue weighted by Gasteiger charge is 2.02. The third-order valence-corrected chi connectivity index (χ3v) is 0.827. The predicted octanol–water partition coefficient (Wildman–Crippen LogP) is -0.156. The van der Waals surface area contributed by atoms with Crippen LogP contribution in [0.4, 0.5) is 4.79 Å². The maximum atomic E-state index is 10.4. The van der Waals surface area contributed by atoms with Gasteiger partial charge in [-0.15, -0.1) is 0 Å². The van der Waals surface area contributed by atoms with E-state index in [1.807, 2.05) is 0 Å². The van der Waals surface area contributed by atoms with Gasteiger partial charge in [-0.25, -0.2) is 4.79 Å². The lowest BCUT2D eigenvalue weighted by Gasteiger charge is -1.95. The third kappa shape index (κ3) is 5.04. The number of carbonyl (C=O) groups is 2. The van der Waals surface area contributed by atoms with Crippen molar-refractivity contribution in [2.24, 2.45) is 0 Å². The lowest BCUT2D eigenvalue weighted by Crippen LogP contribution is -2.28. The van der Waals surface area contributed by atoms with Crippen LogP contribution in [0.1, 0.15) is 12.8 Å². The summed E-state index contributed by atoms with van der Waals surface area (Å²) in [5.41, 5.74) is 6.65. The van der Waals surface area contributed by atoms with E-state index in [0.29, 0.717) is 6.42 Å². The summed E-state index contributed by atoms with van der Waals surface area (Å²) in [6.45, 7) is 0.146. The Labute approximate surface area is 58.2 Å². The molecule has 0 aliphatic heterocycles. The van der Waals surface area contributed by atoms with Gasteiger partial charge in [0, 0.05) is 13.0 Å². The van der Waals surface area contributed by atoms with Crippen molar-refractivity contribution in [3.63, 3.8) is 0 Å². The number of carboxylic acid groups (broad SMARTS) is 1. The van der Waals surface area contributed by atoms with E-state index in [9.17, 15) is 9.59 Å². The molecular formula is C5H9N2O3. The van der Waals surface area contributed by atoms with Gasteiger partial charge < -0.3 is 5.11 Å². The van der Waals surface area contributed by atoms with Crippen LogP contribution in [0.3, 0.4) is 0 Å². The molecule has 2 amide bonds. The van der Waals surface area contributed by atoms with Gasteiger partial charge in [-0.2, -0.15) is 0 Å². The van der Waals surface area contributed by atoms with Crippen molar-refractivity contribution < 1.29 is 14.7 Å². The zero-order valence-electron chi connectivity index (χ0n) is 5.39. The molecule has 0 aromatic heterocycles. The van der Waals surface area contributed by atoms with E-state index in [4.69, 9.17) is 10.8 Å². The molecule has 0 spiro atoms. The van der Waals surface area contributed by atoms with E-state index in [1.54, 1.807) is 5.32 Å². The number of rotatable bonds is 3. The van der Waals surface area contributed by atoms with Gasteiger partial charge in [-0.3, -0.25) is 15.8 Å². The first-order chi connectivity index (χ1) is 4.66. The highest BCUT2D eigenvalue weighted by molar-refractivity contribution is 5.90. The topological polar surface area (TPSA) is 90.2 Å². The molecule has 5 nitrogen and oxygen atoms in total. The van der Waals surface area contributed by atoms with Gasteiger partial charge >= 0.3 is 6.09 Å². The second-order valence-electron chi connectivity index (χ2n) is 1.71. The zero-order chi connectivity index (χ0) is 7.98. The first-order valence-corrected chi connectivity index (χ1v) is 2.84.